The van der Waals surface area contributed by atoms with E-state index in [1.807, 2.05) is 30.3 Å². The molecule has 1 saturated carbocycles. The fourth-order valence-electron chi connectivity index (χ4n) is 10.5. The van der Waals surface area contributed by atoms with Gasteiger partial charge in [-0.1, -0.05) is 108 Å². The molecule has 2 heterocycles. The Labute approximate surface area is 366 Å². The van der Waals surface area contributed by atoms with Gasteiger partial charge in [0, 0.05) is 27.5 Å². The van der Waals surface area contributed by atoms with Gasteiger partial charge in [-0.2, -0.15) is 5.01 Å². The van der Waals surface area contributed by atoms with E-state index in [0.717, 1.165) is 10.6 Å². The lowest BCUT2D eigenvalue weighted by atomic mass is 9.49. The Morgan fingerprint density at radius 2 is 1.45 bits per heavy atom. The van der Waals surface area contributed by atoms with Crippen LogP contribution in [0.3, 0.4) is 0 Å². The summed E-state index contributed by atoms with van der Waals surface area (Å²) >= 11 is 12.8. The average Bonchev–Trinajstić information content (AvgIpc) is 3.68. The zero-order chi connectivity index (χ0) is 43.0. The Kier molecular flexibility index (Phi) is 9.53. The molecule has 0 spiro atoms. The van der Waals surface area contributed by atoms with Crippen molar-refractivity contribution in [1.82, 2.24) is 5.01 Å². The third kappa shape index (κ3) is 5.88. The second kappa shape index (κ2) is 15.0. The first-order valence-corrected chi connectivity index (χ1v) is 21.0. The molecule has 2 saturated heterocycles. The summed E-state index contributed by atoms with van der Waals surface area (Å²) in [4.78, 5) is 74.8. The van der Waals surface area contributed by atoms with Gasteiger partial charge >= 0.3 is 0 Å². The van der Waals surface area contributed by atoms with Gasteiger partial charge in [-0.05, 0) is 95.9 Å². The van der Waals surface area contributed by atoms with E-state index >= 15 is 9.59 Å². The van der Waals surface area contributed by atoms with Crippen molar-refractivity contribution in [3.63, 3.8) is 0 Å². The second-order valence-corrected chi connectivity index (χ2v) is 17.0. The Morgan fingerprint density at radius 1 is 0.758 bits per heavy atom. The molecule has 4 amide bonds. The van der Waals surface area contributed by atoms with Crippen LogP contribution in [0, 0.1) is 23.7 Å². The topological polar surface area (TPSA) is 133 Å². The van der Waals surface area contributed by atoms with Crippen molar-refractivity contribution in [1.29, 1.82) is 0 Å². The third-order valence-corrected chi connectivity index (χ3v) is 13.8. The number of phenolic OH excluding ortho intramolecular Hbond substituents is 1. The number of ketones is 1. The maximum Gasteiger partial charge on any atom is 0.260 e. The van der Waals surface area contributed by atoms with Crippen molar-refractivity contribution in [2.75, 3.05) is 17.4 Å². The number of imide groups is 2. The number of nitrogens with one attached hydrogen (secondary N) is 1. The van der Waals surface area contributed by atoms with Crippen LogP contribution in [0.4, 0.5) is 11.4 Å². The summed E-state index contributed by atoms with van der Waals surface area (Å²) in [7, 11) is 1.55. The molecule has 10 nitrogen and oxygen atoms in total. The second-order valence-electron chi connectivity index (χ2n) is 16.2. The van der Waals surface area contributed by atoms with Crippen molar-refractivity contribution < 1.29 is 33.8 Å². The van der Waals surface area contributed by atoms with Gasteiger partial charge in [0.1, 0.15) is 11.5 Å². The number of allylic oxidation sites excluding steroid dienone is 2. The van der Waals surface area contributed by atoms with Gasteiger partial charge in [0.05, 0.1) is 46.7 Å². The number of hydrazine groups is 1. The van der Waals surface area contributed by atoms with Crippen LogP contribution in [-0.4, -0.2) is 46.6 Å². The molecule has 0 bridgehead atoms. The molecule has 6 aromatic rings. The van der Waals surface area contributed by atoms with E-state index in [1.165, 1.54) is 11.0 Å². The van der Waals surface area contributed by atoms with E-state index in [-0.39, 0.29) is 41.0 Å². The highest BCUT2D eigenvalue weighted by molar-refractivity contribution is 6.36. The van der Waals surface area contributed by atoms with Gasteiger partial charge < -0.3 is 9.84 Å². The lowest BCUT2D eigenvalue weighted by Crippen LogP contribution is -2.53. The number of carbonyl (C=O) groups excluding carboxylic acids is 5. The number of rotatable bonds is 8. The van der Waals surface area contributed by atoms with Crippen LogP contribution < -0.4 is 15.1 Å². The number of ether oxygens (including phenoxy) is 1. The van der Waals surface area contributed by atoms with Crippen LogP contribution in [0.1, 0.15) is 45.8 Å². The summed E-state index contributed by atoms with van der Waals surface area (Å²) < 4.78 is 5.53. The smallest absolute Gasteiger partial charge is 0.260 e. The predicted molar refractivity (Wildman–Crippen MR) is 235 cm³/mol. The minimum absolute atomic E-state index is 0.0441. The molecule has 308 valence electrons. The van der Waals surface area contributed by atoms with Crippen molar-refractivity contribution in [3.05, 3.63) is 177 Å². The number of phenols is 1. The van der Waals surface area contributed by atoms with E-state index in [4.69, 9.17) is 27.9 Å². The number of fused-ring (bicyclic) bond motifs is 5. The first-order chi connectivity index (χ1) is 30.0. The molecule has 6 atom stereocenters. The number of benzene rings is 6. The zero-order valence-electron chi connectivity index (χ0n) is 33.1. The number of carbonyl (C=O) groups is 5. The van der Waals surface area contributed by atoms with Crippen molar-refractivity contribution in [3.8, 4) is 11.5 Å². The molecule has 10 rings (SSSR count). The number of hydrogen-bond donors (Lipinski definition) is 2. The van der Waals surface area contributed by atoms with Crippen molar-refractivity contribution >= 4 is 74.8 Å². The number of halogens is 2. The lowest BCUT2D eigenvalue weighted by Gasteiger charge is -2.51. The summed E-state index contributed by atoms with van der Waals surface area (Å²) in [5, 5.41) is 13.9. The fourth-order valence-corrected chi connectivity index (χ4v) is 11.0. The number of aromatic hydroxyl groups is 1. The van der Waals surface area contributed by atoms with Crippen LogP contribution in [0.25, 0.3) is 10.8 Å². The lowest BCUT2D eigenvalue weighted by molar-refractivity contribution is -0.138. The number of hydrogen-bond acceptors (Lipinski definition) is 8. The monoisotopic (exact) mass is 861 g/mol. The van der Waals surface area contributed by atoms with E-state index < -0.39 is 52.7 Å². The molecule has 4 aliphatic rings. The number of methoxy groups -OCH3 is 1. The molecular weight excluding hydrogens is 825 g/mol. The minimum Gasteiger partial charge on any atom is -0.507 e. The number of nitrogens with zero attached hydrogens (tertiary/aromatic N) is 2. The Balaban J connectivity index is 1.13. The molecule has 0 unspecified atom stereocenters. The maximum atomic E-state index is 15.7. The molecule has 0 aromatic heterocycles. The van der Waals surface area contributed by atoms with Gasteiger partial charge in [-0.15, -0.1) is 0 Å². The molecule has 2 N–H and O–H groups in total. The van der Waals surface area contributed by atoms with Gasteiger partial charge in [0.15, 0.2) is 5.78 Å². The highest BCUT2D eigenvalue weighted by atomic mass is 35.5. The number of anilines is 2. The molecule has 2 aliphatic carbocycles. The first kappa shape index (κ1) is 39.4. The maximum absolute atomic E-state index is 15.7. The van der Waals surface area contributed by atoms with Crippen LogP contribution in [-0.2, 0) is 24.6 Å². The summed E-state index contributed by atoms with van der Waals surface area (Å²) in [6.45, 7) is 0. The molecule has 12 heteroatoms. The third-order valence-electron chi connectivity index (χ3n) is 13.2. The number of amides is 4. The fraction of sp³-hybridized carbons (Fsp3) is 0.180. The van der Waals surface area contributed by atoms with E-state index in [2.05, 4.69) is 5.43 Å². The summed E-state index contributed by atoms with van der Waals surface area (Å²) in [5.41, 5.74) is 4.98. The summed E-state index contributed by atoms with van der Waals surface area (Å²) in [6.07, 6.45) is 2.27. The van der Waals surface area contributed by atoms with Crippen LogP contribution in [0.5, 0.6) is 11.5 Å². The Bertz CT molecular complexity index is 2900. The largest absolute Gasteiger partial charge is 0.507 e. The normalized spacial score (nSPS) is 24.1. The average molecular weight is 863 g/mol. The van der Waals surface area contributed by atoms with E-state index in [1.54, 1.807) is 110 Å². The summed E-state index contributed by atoms with van der Waals surface area (Å²) in [6, 6.07) is 37.8. The van der Waals surface area contributed by atoms with Gasteiger partial charge in [0.2, 0.25) is 11.8 Å². The van der Waals surface area contributed by atoms with E-state index in [0.29, 0.717) is 49.5 Å². The molecular formula is C50H37Cl2N3O7. The SMILES string of the molecule is COc1ccc([C@@]23C(=O)N(Nc4ccc(Cl)cc4Cl)C(=O)[C@@H]2C[C@@H]2C(=CC[C@@H]4C(=O)N(c5ccc(C(=O)c6ccccc6)cc5)C(=O)[C@@H]42)[C@@H]3c2ccc(O)c3ccccc23)cc1. The molecule has 0 radical (unpaired) electrons. The van der Waals surface area contributed by atoms with Crippen LogP contribution in [0.15, 0.2) is 145 Å². The highest BCUT2D eigenvalue weighted by Crippen LogP contribution is 2.65. The van der Waals surface area contributed by atoms with Gasteiger partial charge in [-0.3, -0.25) is 34.3 Å². The van der Waals surface area contributed by atoms with Crippen molar-refractivity contribution in [2.45, 2.75) is 24.2 Å². The standard InChI is InChI=1S/C50H37Cl2N3O7/c1-62-32-18-13-29(14-19-32)50-39(47(59)55(49(50)61)53-41-23-15-30(51)25-40(41)52)26-38-36(44(50)35-22-24-42(56)34-10-6-5-9-33(34)35)20-21-37-43(38)48(60)54(46(37)58)31-16-11-28(12-17-31)45(57)27-7-3-2-4-8-27/h2-20,22-25,37-39,43-44,53,56H,21,26H2,1H3/t37-,38+,39-,43-,44-,50+/m0/s1. The van der Waals surface area contributed by atoms with Gasteiger partial charge in [-0.25, -0.2) is 0 Å². The van der Waals surface area contributed by atoms with Crippen molar-refractivity contribution in [2.24, 2.45) is 23.7 Å². The minimum atomic E-state index is -1.59. The Morgan fingerprint density at radius 3 is 2.16 bits per heavy atom. The van der Waals surface area contributed by atoms with E-state index in [9.17, 15) is 19.5 Å². The van der Waals surface area contributed by atoms with Gasteiger partial charge in [0.25, 0.3) is 11.8 Å². The molecule has 62 heavy (non-hydrogen) atoms. The molecule has 6 aromatic carbocycles. The quantitative estimate of drug-likeness (QED) is 0.0880. The van der Waals surface area contributed by atoms with Crippen LogP contribution in [0.2, 0.25) is 10.0 Å². The zero-order valence-corrected chi connectivity index (χ0v) is 34.6. The molecule has 2 aliphatic heterocycles. The van der Waals surface area contributed by atoms with Crippen LogP contribution >= 0.6 is 23.2 Å². The first-order valence-electron chi connectivity index (χ1n) is 20.3. The predicted octanol–water partition coefficient (Wildman–Crippen LogP) is 9.28. The highest BCUT2D eigenvalue weighted by Gasteiger charge is 2.70. The summed E-state index contributed by atoms with van der Waals surface area (Å²) in [5.74, 6) is -5.57. The molecule has 3 fully saturated rings. The Hall–Kier alpha value is -6.75.